The minimum atomic E-state index is -5.40. The number of esters is 1. The number of aliphatic hydroxyl groups is 1. The van der Waals surface area contributed by atoms with Crippen LogP contribution in [0.2, 0.25) is 0 Å². The Hall–Kier alpha value is 0.360. The first-order chi connectivity index (χ1) is 15.2. The average Bonchev–Trinajstić information content (AvgIpc) is 2.98. The summed E-state index contributed by atoms with van der Waals surface area (Å²) in [5.41, 5.74) is -2.16. The van der Waals surface area contributed by atoms with E-state index in [9.17, 15) is 33.8 Å². The van der Waals surface area contributed by atoms with Gasteiger partial charge in [-0.15, -0.1) is 0 Å². The van der Waals surface area contributed by atoms with Crippen LogP contribution < -0.4 is 68.9 Å². The van der Waals surface area contributed by atoms with Gasteiger partial charge in [0.25, 0.3) is 0 Å². The van der Waals surface area contributed by atoms with E-state index in [1.54, 1.807) is 13.0 Å². The molecule has 3 fully saturated rings. The number of carbonyl (C=O) groups excluding carboxylic acids is 3. The molecule has 0 aromatic carbocycles. The zero-order valence-electron chi connectivity index (χ0n) is 20.9. The van der Waals surface area contributed by atoms with Gasteiger partial charge in [-0.2, -0.15) is 0 Å². The summed E-state index contributed by atoms with van der Waals surface area (Å²) in [6, 6.07) is 0. The van der Waals surface area contributed by atoms with Crippen LogP contribution in [-0.4, -0.2) is 41.0 Å². The van der Waals surface area contributed by atoms with Gasteiger partial charge in [0.15, 0.2) is 11.4 Å². The van der Waals surface area contributed by atoms with Crippen LogP contribution in [0.3, 0.4) is 0 Å². The van der Waals surface area contributed by atoms with E-state index in [4.69, 9.17) is 4.74 Å². The molecule has 0 bridgehead atoms. The number of hydrogen-bond donors (Lipinski definition) is 1. The van der Waals surface area contributed by atoms with Crippen LogP contribution in [0.5, 0.6) is 0 Å². The van der Waals surface area contributed by atoms with Gasteiger partial charge in [0, 0.05) is 23.7 Å². The molecule has 4 unspecified atom stereocenters. The van der Waals surface area contributed by atoms with Gasteiger partial charge in [-0.25, -0.2) is 0 Å². The summed E-state index contributed by atoms with van der Waals surface area (Å²) in [4.78, 5) is 59.2. The van der Waals surface area contributed by atoms with E-state index >= 15 is 0 Å². The first-order valence-electron chi connectivity index (χ1n) is 11.3. The Morgan fingerprint density at radius 3 is 2.49 bits per heavy atom. The molecule has 7 atom stereocenters. The third-order valence-electron chi connectivity index (χ3n) is 8.74. The van der Waals surface area contributed by atoms with Crippen LogP contribution in [0, 0.1) is 28.6 Å². The summed E-state index contributed by atoms with van der Waals surface area (Å²) in [6.07, 6.45) is 6.44. The Morgan fingerprint density at radius 2 is 1.89 bits per heavy atom. The van der Waals surface area contributed by atoms with E-state index in [1.165, 1.54) is 13.0 Å². The number of ketones is 2. The van der Waals surface area contributed by atoms with Gasteiger partial charge in [-0.1, -0.05) is 25.5 Å². The van der Waals surface area contributed by atoms with Gasteiger partial charge < -0.3 is 28.7 Å². The van der Waals surface area contributed by atoms with E-state index in [0.29, 0.717) is 19.3 Å². The van der Waals surface area contributed by atoms with Crippen LogP contribution in [-0.2, 0) is 28.2 Å². The van der Waals surface area contributed by atoms with E-state index in [-0.39, 0.29) is 95.5 Å². The fourth-order valence-corrected chi connectivity index (χ4v) is 7.77. The largest absolute Gasteiger partial charge is 1.00 e. The van der Waals surface area contributed by atoms with Gasteiger partial charge in [-0.3, -0.25) is 14.4 Å². The van der Waals surface area contributed by atoms with E-state index in [1.807, 2.05) is 13.0 Å². The number of Topliss-reactive ketones (excluding diaryl/α,β-unsaturated/α-hetero) is 1. The number of phosphoric ester groups is 1. The maximum atomic E-state index is 13.3. The van der Waals surface area contributed by atoms with Crippen molar-refractivity contribution in [2.24, 2.45) is 28.6 Å². The molecule has 12 heteroatoms. The molecule has 4 rings (SSSR count). The molecule has 0 amide bonds. The van der Waals surface area contributed by atoms with E-state index in [0.717, 1.165) is 5.57 Å². The van der Waals surface area contributed by atoms with Crippen molar-refractivity contribution in [1.29, 1.82) is 0 Å². The van der Waals surface area contributed by atoms with Crippen molar-refractivity contribution in [3.8, 4) is 0 Å². The molecule has 4 aliphatic rings. The normalized spacial score (nSPS) is 39.7. The topological polar surface area (TPSA) is 153 Å². The minimum absolute atomic E-state index is 0. The number of carbonyl (C=O) groups is 3. The number of rotatable bonds is 5. The fourth-order valence-electron chi connectivity index (χ4n) is 7.50. The molecule has 4 aliphatic carbocycles. The number of phosphoric acid groups is 1. The second kappa shape index (κ2) is 10.9. The van der Waals surface area contributed by atoms with Crippen LogP contribution in [0.25, 0.3) is 0 Å². The summed E-state index contributed by atoms with van der Waals surface area (Å²) in [5.74, 6) is -1.83. The molecule has 0 radical (unpaired) electrons. The molecular weight excluding hydrogens is 497 g/mol. The van der Waals surface area contributed by atoms with Crippen molar-refractivity contribution in [3.05, 3.63) is 23.8 Å². The van der Waals surface area contributed by atoms with Gasteiger partial charge >= 0.3 is 65.1 Å². The molecule has 35 heavy (non-hydrogen) atoms. The van der Waals surface area contributed by atoms with Crippen molar-refractivity contribution >= 4 is 25.4 Å². The minimum Gasteiger partial charge on any atom is -0.790 e. The van der Waals surface area contributed by atoms with Crippen molar-refractivity contribution in [1.82, 2.24) is 0 Å². The predicted molar refractivity (Wildman–Crippen MR) is 111 cm³/mol. The summed E-state index contributed by atoms with van der Waals surface area (Å²) in [6.45, 7) is 3.98. The molecule has 182 valence electrons. The molecule has 0 heterocycles. The third-order valence-corrected chi connectivity index (χ3v) is 9.18. The third kappa shape index (κ3) is 5.30. The second-order valence-electron chi connectivity index (χ2n) is 10.3. The standard InChI is InChI=1S/C23H31O9P.2Na/c1-13(24)32-23(19(27)12-31-33(28,29)30)9-7-17-16-5-4-14-10-15(25)6-8-21(14,2)20(16)18(26)11-22(17,23)3;;/h6,8,10,16-18,20,26H,4-5,7,9,11-12H2,1-3H3,(H2,28,29,30);;/q;2*+1/p-2/t16?,17?,18?,20?,21-,22-,23-;;/m0../s1. The zero-order valence-corrected chi connectivity index (χ0v) is 25.8. The van der Waals surface area contributed by atoms with Crippen LogP contribution in [0.1, 0.15) is 52.9 Å². The van der Waals surface area contributed by atoms with Gasteiger partial charge in [0.05, 0.1) is 13.9 Å². The molecular formula is C23H29Na2O9P. The number of allylic oxidation sites excluding steroid dienone is 4. The molecule has 0 aromatic rings. The van der Waals surface area contributed by atoms with Crippen LogP contribution in [0.4, 0.5) is 0 Å². The monoisotopic (exact) mass is 526 g/mol. The Kier molecular flexibility index (Phi) is 9.79. The SMILES string of the molecule is CC(=O)O[C@]1(C(=O)COP(=O)([O-])[O-])CCC2C3CCC4=CC(=O)C=C[C@]4(C)C3C(O)C[C@@]21C.[Na+].[Na+]. The summed E-state index contributed by atoms with van der Waals surface area (Å²) < 4.78 is 20.9. The number of ether oxygens (including phenoxy) is 1. The second-order valence-corrected chi connectivity index (χ2v) is 11.5. The van der Waals surface area contributed by atoms with Crippen molar-refractivity contribution < 1.29 is 102 Å². The van der Waals surface area contributed by atoms with Crippen LogP contribution >= 0.6 is 7.82 Å². The Labute approximate surface area is 249 Å². The first kappa shape index (κ1) is 31.6. The number of hydrogen-bond acceptors (Lipinski definition) is 9. The van der Waals surface area contributed by atoms with Gasteiger partial charge in [0.2, 0.25) is 5.78 Å². The van der Waals surface area contributed by atoms with Crippen molar-refractivity contribution in [2.75, 3.05) is 6.61 Å². The van der Waals surface area contributed by atoms with Crippen molar-refractivity contribution in [3.63, 3.8) is 0 Å². The van der Waals surface area contributed by atoms with Crippen molar-refractivity contribution in [2.45, 2.75) is 64.6 Å². The molecule has 0 saturated heterocycles. The van der Waals surface area contributed by atoms with Crippen LogP contribution in [0.15, 0.2) is 23.8 Å². The average molecular weight is 526 g/mol. The zero-order chi connectivity index (χ0) is 24.4. The van der Waals surface area contributed by atoms with E-state index in [2.05, 4.69) is 4.52 Å². The summed E-state index contributed by atoms with van der Waals surface area (Å²) >= 11 is 0. The molecule has 3 saturated carbocycles. The molecule has 1 N–H and O–H groups in total. The number of aliphatic hydroxyl groups excluding tert-OH is 1. The fraction of sp³-hybridized carbons (Fsp3) is 0.696. The summed E-state index contributed by atoms with van der Waals surface area (Å²) in [7, 11) is -5.40. The smallest absolute Gasteiger partial charge is 0.790 e. The Bertz CT molecular complexity index is 1010. The Morgan fingerprint density at radius 1 is 1.23 bits per heavy atom. The van der Waals surface area contributed by atoms with Gasteiger partial charge in [0.1, 0.15) is 6.61 Å². The van der Waals surface area contributed by atoms with E-state index < -0.39 is 48.7 Å². The summed E-state index contributed by atoms with van der Waals surface area (Å²) in [5, 5.41) is 11.4. The maximum Gasteiger partial charge on any atom is 1.00 e. The molecule has 0 aromatic heterocycles. The van der Waals surface area contributed by atoms with Gasteiger partial charge in [-0.05, 0) is 56.1 Å². The molecule has 0 aliphatic heterocycles. The molecule has 0 spiro atoms. The first-order valence-corrected chi connectivity index (χ1v) is 12.7. The number of fused-ring (bicyclic) bond motifs is 5. The molecule has 9 nitrogen and oxygen atoms in total. The quantitative estimate of drug-likeness (QED) is 0.211. The maximum absolute atomic E-state index is 13.3. The predicted octanol–water partition coefficient (Wildman–Crippen LogP) is -5.01. The Balaban J connectivity index is 0.00000216.